The second-order valence-corrected chi connectivity index (χ2v) is 7.10. The highest BCUT2D eigenvalue weighted by atomic mass is 79.9. The summed E-state index contributed by atoms with van der Waals surface area (Å²) >= 11 is 3.50. The van der Waals surface area contributed by atoms with Crippen molar-refractivity contribution in [2.24, 2.45) is 5.92 Å². The van der Waals surface area contributed by atoms with Crippen LogP contribution in [-0.4, -0.2) is 4.98 Å². The summed E-state index contributed by atoms with van der Waals surface area (Å²) in [7, 11) is 0. The number of fused-ring (bicyclic) bond motifs is 2. The molecule has 0 aliphatic heterocycles. The molecule has 0 saturated carbocycles. The van der Waals surface area contributed by atoms with E-state index in [0.29, 0.717) is 11.8 Å². The van der Waals surface area contributed by atoms with Gasteiger partial charge in [0.1, 0.15) is 4.60 Å². The highest BCUT2D eigenvalue weighted by molar-refractivity contribution is 9.10. The van der Waals surface area contributed by atoms with Crippen LogP contribution < -0.4 is 0 Å². The van der Waals surface area contributed by atoms with Crippen LogP contribution in [0, 0.1) is 5.92 Å². The predicted molar refractivity (Wildman–Crippen MR) is 95.5 cm³/mol. The molecule has 0 radical (unpaired) electrons. The van der Waals surface area contributed by atoms with Crippen LogP contribution in [0.15, 0.2) is 69.4 Å². The van der Waals surface area contributed by atoms with E-state index >= 15 is 0 Å². The summed E-state index contributed by atoms with van der Waals surface area (Å²) in [6.07, 6.45) is 14.6. The lowest BCUT2D eigenvalue weighted by molar-refractivity contribution is 0.802. The summed E-state index contributed by atoms with van der Waals surface area (Å²) in [5, 5.41) is 0. The minimum Gasteiger partial charge on any atom is -0.241 e. The van der Waals surface area contributed by atoms with E-state index in [1.165, 1.54) is 27.9 Å². The molecule has 0 aromatic carbocycles. The van der Waals surface area contributed by atoms with E-state index in [1.807, 2.05) is 6.07 Å². The van der Waals surface area contributed by atoms with Gasteiger partial charge in [-0.3, -0.25) is 0 Å². The average molecular weight is 352 g/mol. The standard InChI is InChI=1S/C20H18BrN/c1-12-9-17-13(2)15-7-8-20(21)22-19(15)11-18(17)16(12)10-14-5-3-4-6-14/h3-9,11,13-14H,10H2,1-2H3. The monoisotopic (exact) mass is 351 g/mol. The van der Waals surface area contributed by atoms with Crippen molar-refractivity contribution in [1.82, 2.24) is 4.98 Å². The minimum absolute atomic E-state index is 0.415. The summed E-state index contributed by atoms with van der Waals surface area (Å²) in [5.41, 5.74) is 8.18. The molecule has 1 heterocycles. The third-order valence-corrected chi connectivity index (χ3v) is 5.33. The zero-order valence-electron chi connectivity index (χ0n) is 12.8. The molecule has 0 saturated heterocycles. The quantitative estimate of drug-likeness (QED) is 0.619. The highest BCUT2D eigenvalue weighted by Crippen LogP contribution is 2.47. The van der Waals surface area contributed by atoms with Crippen molar-refractivity contribution < 1.29 is 0 Å². The van der Waals surface area contributed by atoms with Gasteiger partial charge >= 0.3 is 0 Å². The van der Waals surface area contributed by atoms with Gasteiger partial charge in [-0.15, -0.1) is 0 Å². The third kappa shape index (κ3) is 2.17. The molecule has 110 valence electrons. The maximum Gasteiger partial charge on any atom is 0.106 e. The van der Waals surface area contributed by atoms with Gasteiger partial charge in [-0.25, -0.2) is 4.98 Å². The number of pyridine rings is 1. The molecule has 3 aliphatic rings. The number of rotatable bonds is 2. The van der Waals surface area contributed by atoms with Crippen LogP contribution in [0.4, 0.5) is 0 Å². The Morgan fingerprint density at radius 3 is 2.68 bits per heavy atom. The molecule has 0 amide bonds. The van der Waals surface area contributed by atoms with Gasteiger partial charge in [0.05, 0.1) is 5.69 Å². The van der Waals surface area contributed by atoms with E-state index in [9.17, 15) is 0 Å². The first-order valence-corrected chi connectivity index (χ1v) is 8.58. The number of hydrogen-bond donors (Lipinski definition) is 0. The number of nitrogens with zero attached hydrogens (tertiary/aromatic N) is 1. The van der Waals surface area contributed by atoms with Crippen molar-refractivity contribution in [2.75, 3.05) is 0 Å². The molecular formula is C20H18BrN. The molecule has 0 bridgehead atoms. The Kier molecular flexibility index (Phi) is 3.30. The lowest BCUT2D eigenvalue weighted by Gasteiger charge is -2.25. The van der Waals surface area contributed by atoms with Gasteiger partial charge in [-0.05, 0) is 75.2 Å². The van der Waals surface area contributed by atoms with E-state index in [-0.39, 0.29) is 0 Å². The molecule has 1 aromatic heterocycles. The molecule has 1 nitrogen and oxygen atoms in total. The molecule has 0 fully saturated rings. The number of allylic oxidation sites excluding steroid dienone is 9. The maximum absolute atomic E-state index is 4.68. The lowest BCUT2D eigenvalue weighted by Crippen LogP contribution is -2.10. The van der Waals surface area contributed by atoms with Gasteiger partial charge in [0.15, 0.2) is 0 Å². The average Bonchev–Trinajstić information content (AvgIpc) is 3.10. The normalized spacial score (nSPS) is 22.8. The van der Waals surface area contributed by atoms with Crippen molar-refractivity contribution in [3.63, 3.8) is 0 Å². The molecule has 0 spiro atoms. The van der Waals surface area contributed by atoms with Crippen molar-refractivity contribution in [3.05, 3.63) is 80.7 Å². The first-order chi connectivity index (χ1) is 10.6. The van der Waals surface area contributed by atoms with E-state index in [1.54, 1.807) is 0 Å². The van der Waals surface area contributed by atoms with Gasteiger partial charge in [0.25, 0.3) is 0 Å². The van der Waals surface area contributed by atoms with Crippen LogP contribution in [-0.2, 0) is 0 Å². The molecule has 22 heavy (non-hydrogen) atoms. The van der Waals surface area contributed by atoms with E-state index in [2.05, 4.69) is 77.3 Å². The van der Waals surface area contributed by atoms with Crippen LogP contribution in [0.1, 0.15) is 37.4 Å². The Bertz CT molecular complexity index is 793. The first-order valence-electron chi connectivity index (χ1n) is 7.78. The van der Waals surface area contributed by atoms with E-state index in [4.69, 9.17) is 0 Å². The first kappa shape index (κ1) is 14.0. The summed E-state index contributed by atoms with van der Waals surface area (Å²) in [6, 6.07) is 4.24. The van der Waals surface area contributed by atoms with Crippen molar-refractivity contribution in [1.29, 1.82) is 0 Å². The summed E-state index contributed by atoms with van der Waals surface area (Å²) in [5.74, 6) is 0.948. The van der Waals surface area contributed by atoms with Crippen LogP contribution in [0.2, 0.25) is 0 Å². The Morgan fingerprint density at radius 1 is 1.14 bits per heavy atom. The molecule has 2 heteroatoms. The maximum atomic E-state index is 4.68. The summed E-state index contributed by atoms with van der Waals surface area (Å²) < 4.78 is 0.907. The Labute approximate surface area is 140 Å². The van der Waals surface area contributed by atoms with Gasteiger partial charge in [0.2, 0.25) is 0 Å². The molecule has 0 N–H and O–H groups in total. The fourth-order valence-electron chi connectivity index (χ4n) is 3.68. The number of hydrogen-bond acceptors (Lipinski definition) is 1. The fourth-order valence-corrected chi connectivity index (χ4v) is 4.00. The van der Waals surface area contributed by atoms with Crippen LogP contribution in [0.5, 0.6) is 0 Å². The van der Waals surface area contributed by atoms with Gasteiger partial charge in [-0.1, -0.05) is 43.4 Å². The fraction of sp³-hybridized carbons (Fsp3) is 0.250. The zero-order valence-corrected chi connectivity index (χ0v) is 14.4. The van der Waals surface area contributed by atoms with Crippen molar-refractivity contribution >= 4 is 22.0 Å². The second kappa shape index (κ2) is 5.20. The van der Waals surface area contributed by atoms with Crippen LogP contribution in [0.25, 0.3) is 6.08 Å². The molecule has 1 atom stereocenters. The van der Waals surface area contributed by atoms with Crippen molar-refractivity contribution in [2.45, 2.75) is 26.2 Å². The predicted octanol–water partition coefficient (Wildman–Crippen LogP) is 5.73. The van der Waals surface area contributed by atoms with Crippen molar-refractivity contribution in [3.8, 4) is 0 Å². The lowest BCUT2D eigenvalue weighted by atomic mass is 9.80. The Balaban J connectivity index is 1.77. The molecule has 1 aromatic rings. The molecule has 4 rings (SSSR count). The smallest absolute Gasteiger partial charge is 0.106 e. The zero-order chi connectivity index (χ0) is 15.3. The largest absolute Gasteiger partial charge is 0.241 e. The molecule has 1 unspecified atom stereocenters. The highest BCUT2D eigenvalue weighted by Gasteiger charge is 2.30. The number of halogens is 1. The second-order valence-electron chi connectivity index (χ2n) is 6.29. The SMILES string of the molecule is CC1=C(CC2C=CC=C2)C2=Cc3nc(Br)ccc3C(C)C2=C1. The third-order valence-electron chi connectivity index (χ3n) is 4.89. The number of aromatic nitrogens is 1. The van der Waals surface area contributed by atoms with Gasteiger partial charge in [-0.2, -0.15) is 0 Å². The summed E-state index contributed by atoms with van der Waals surface area (Å²) in [4.78, 5) is 4.68. The van der Waals surface area contributed by atoms with Gasteiger partial charge < -0.3 is 0 Å². The minimum atomic E-state index is 0.415. The summed E-state index contributed by atoms with van der Waals surface area (Å²) in [6.45, 7) is 4.53. The van der Waals surface area contributed by atoms with Gasteiger partial charge in [0, 0.05) is 5.92 Å². The molecular weight excluding hydrogens is 334 g/mol. The van der Waals surface area contributed by atoms with E-state index in [0.717, 1.165) is 16.7 Å². The van der Waals surface area contributed by atoms with Crippen LogP contribution in [0.3, 0.4) is 0 Å². The topological polar surface area (TPSA) is 12.9 Å². The molecule has 3 aliphatic carbocycles. The Morgan fingerprint density at radius 2 is 1.91 bits per heavy atom. The van der Waals surface area contributed by atoms with E-state index < -0.39 is 0 Å². The van der Waals surface area contributed by atoms with Crippen LogP contribution >= 0.6 is 15.9 Å². The Hall–Kier alpha value is -1.67.